The highest BCUT2D eigenvalue weighted by atomic mass is 16.2. The molecule has 4 heteroatoms. The van der Waals surface area contributed by atoms with E-state index in [1.54, 1.807) is 13.1 Å². The second-order valence-corrected chi connectivity index (χ2v) is 2.59. The molecule has 1 aliphatic heterocycles. The zero-order valence-corrected chi connectivity index (χ0v) is 6.44. The minimum absolute atomic E-state index is 0.442. The van der Waals surface area contributed by atoms with Crippen LogP contribution in [0.2, 0.25) is 0 Å². The Kier molecular flexibility index (Phi) is 1.24. The van der Waals surface area contributed by atoms with Gasteiger partial charge in [0.1, 0.15) is 0 Å². The summed E-state index contributed by atoms with van der Waals surface area (Å²) in [6, 6.07) is 1.55. The highest BCUT2D eigenvalue weighted by Crippen LogP contribution is 2.25. The van der Waals surface area contributed by atoms with Crippen molar-refractivity contribution in [1.29, 1.82) is 0 Å². The van der Waals surface area contributed by atoms with Crippen LogP contribution in [0.4, 0.5) is 5.69 Å². The summed E-state index contributed by atoms with van der Waals surface area (Å²) in [4.78, 5) is 27.4. The lowest BCUT2D eigenvalue weighted by atomic mass is 10.2. The Balaban J connectivity index is 2.67. The van der Waals surface area contributed by atoms with Gasteiger partial charge in [0.15, 0.2) is 0 Å². The van der Waals surface area contributed by atoms with Crippen molar-refractivity contribution >= 4 is 17.4 Å². The number of anilines is 1. The van der Waals surface area contributed by atoms with Crippen LogP contribution in [0.15, 0.2) is 18.5 Å². The molecule has 0 aliphatic carbocycles. The van der Waals surface area contributed by atoms with Gasteiger partial charge in [-0.3, -0.25) is 14.6 Å². The van der Waals surface area contributed by atoms with Crippen molar-refractivity contribution in [3.05, 3.63) is 24.0 Å². The third-order valence-electron chi connectivity index (χ3n) is 1.90. The molecule has 0 atom stereocenters. The van der Waals surface area contributed by atoms with E-state index in [1.807, 2.05) is 0 Å². The number of ketones is 1. The predicted molar refractivity (Wildman–Crippen MR) is 42.0 cm³/mol. The Labute approximate surface area is 68.8 Å². The number of pyridine rings is 1. The molecule has 0 bridgehead atoms. The first-order valence-electron chi connectivity index (χ1n) is 3.48. The highest BCUT2D eigenvalue weighted by Gasteiger charge is 2.32. The van der Waals surface area contributed by atoms with Crippen molar-refractivity contribution in [2.24, 2.45) is 0 Å². The molecule has 0 aromatic carbocycles. The molecule has 1 amide bonds. The zero-order valence-electron chi connectivity index (χ0n) is 6.44. The number of hydrogen-bond donors (Lipinski definition) is 0. The maximum absolute atomic E-state index is 11.2. The molecule has 0 spiro atoms. The molecule has 0 N–H and O–H groups in total. The van der Waals surface area contributed by atoms with Gasteiger partial charge in [-0.1, -0.05) is 0 Å². The van der Waals surface area contributed by atoms with Gasteiger partial charge in [-0.2, -0.15) is 0 Å². The minimum atomic E-state index is -0.488. The fraction of sp³-hybridized carbons (Fsp3) is 0.125. The van der Waals surface area contributed by atoms with Crippen molar-refractivity contribution < 1.29 is 9.59 Å². The molecule has 0 radical (unpaired) electrons. The van der Waals surface area contributed by atoms with Crippen LogP contribution < -0.4 is 4.90 Å². The first-order valence-corrected chi connectivity index (χ1v) is 3.48. The van der Waals surface area contributed by atoms with Gasteiger partial charge in [-0.15, -0.1) is 0 Å². The number of rotatable bonds is 0. The SMILES string of the molecule is CN1C(=O)C(=O)c2ccncc21. The summed E-state index contributed by atoms with van der Waals surface area (Å²) in [5.41, 5.74) is 1.03. The van der Waals surface area contributed by atoms with E-state index in [0.29, 0.717) is 11.3 Å². The first-order chi connectivity index (χ1) is 5.72. The van der Waals surface area contributed by atoms with Crippen LogP contribution in [0.25, 0.3) is 0 Å². The van der Waals surface area contributed by atoms with Crippen molar-refractivity contribution in [2.75, 3.05) is 11.9 Å². The third kappa shape index (κ3) is 0.689. The molecule has 1 aromatic rings. The van der Waals surface area contributed by atoms with Gasteiger partial charge in [0.2, 0.25) is 0 Å². The monoisotopic (exact) mass is 162 g/mol. The van der Waals surface area contributed by atoms with Crippen LogP contribution >= 0.6 is 0 Å². The maximum atomic E-state index is 11.2. The van der Waals surface area contributed by atoms with E-state index < -0.39 is 11.7 Å². The summed E-state index contributed by atoms with van der Waals surface area (Å²) >= 11 is 0. The fourth-order valence-electron chi connectivity index (χ4n) is 1.22. The molecule has 2 heterocycles. The summed E-state index contributed by atoms with van der Waals surface area (Å²) in [7, 11) is 1.56. The van der Waals surface area contributed by atoms with Gasteiger partial charge >= 0.3 is 0 Å². The maximum Gasteiger partial charge on any atom is 0.299 e. The molecule has 60 valence electrons. The van der Waals surface area contributed by atoms with E-state index in [-0.39, 0.29) is 0 Å². The summed E-state index contributed by atoms with van der Waals surface area (Å²) in [5, 5.41) is 0. The van der Waals surface area contributed by atoms with Gasteiger partial charge in [0.25, 0.3) is 11.7 Å². The third-order valence-corrected chi connectivity index (χ3v) is 1.90. The highest BCUT2D eigenvalue weighted by molar-refractivity contribution is 6.52. The number of nitrogens with zero attached hydrogens (tertiary/aromatic N) is 2. The fourth-order valence-corrected chi connectivity index (χ4v) is 1.22. The number of carbonyl (C=O) groups excluding carboxylic acids is 2. The molecule has 0 unspecified atom stereocenters. The van der Waals surface area contributed by atoms with E-state index in [9.17, 15) is 9.59 Å². The second kappa shape index (κ2) is 2.14. The molecular formula is C8H6N2O2. The van der Waals surface area contributed by atoms with Crippen molar-refractivity contribution in [3.63, 3.8) is 0 Å². The molecule has 0 saturated carbocycles. The van der Waals surface area contributed by atoms with Crippen LogP contribution in [0.5, 0.6) is 0 Å². The van der Waals surface area contributed by atoms with Crippen molar-refractivity contribution in [2.45, 2.75) is 0 Å². The van der Waals surface area contributed by atoms with Gasteiger partial charge in [-0.25, -0.2) is 0 Å². The van der Waals surface area contributed by atoms with E-state index in [1.165, 1.54) is 17.3 Å². The van der Waals surface area contributed by atoms with Crippen LogP contribution in [0.3, 0.4) is 0 Å². The Bertz CT molecular complexity index is 373. The average Bonchev–Trinajstić information content (AvgIpc) is 2.33. The first kappa shape index (κ1) is 6.97. The quantitative estimate of drug-likeness (QED) is 0.513. The van der Waals surface area contributed by atoms with E-state index in [4.69, 9.17) is 0 Å². The van der Waals surface area contributed by atoms with Crippen LogP contribution in [0, 0.1) is 0 Å². The lowest BCUT2D eigenvalue weighted by Gasteiger charge is -2.06. The molecule has 0 saturated heterocycles. The van der Waals surface area contributed by atoms with E-state index in [2.05, 4.69) is 4.98 Å². The Morgan fingerprint density at radius 3 is 2.83 bits per heavy atom. The summed E-state index contributed by atoms with van der Waals surface area (Å²) in [6.45, 7) is 0. The largest absolute Gasteiger partial charge is 0.306 e. The van der Waals surface area contributed by atoms with Crippen molar-refractivity contribution in [1.82, 2.24) is 4.98 Å². The van der Waals surface area contributed by atoms with E-state index in [0.717, 1.165) is 0 Å². The number of aromatic nitrogens is 1. The molecule has 2 rings (SSSR count). The summed E-state index contributed by atoms with van der Waals surface area (Å²) < 4.78 is 0. The Hall–Kier alpha value is -1.71. The van der Waals surface area contributed by atoms with Crippen LogP contribution in [-0.4, -0.2) is 23.7 Å². The topological polar surface area (TPSA) is 50.3 Å². The number of fused-ring (bicyclic) bond motifs is 1. The summed E-state index contributed by atoms with van der Waals surface area (Å²) in [6.07, 6.45) is 3.02. The smallest absolute Gasteiger partial charge is 0.299 e. The van der Waals surface area contributed by atoms with Gasteiger partial charge in [0, 0.05) is 13.2 Å². The second-order valence-electron chi connectivity index (χ2n) is 2.59. The normalized spacial score (nSPS) is 15.2. The Morgan fingerprint density at radius 2 is 2.17 bits per heavy atom. The minimum Gasteiger partial charge on any atom is -0.306 e. The molecule has 0 fully saturated rings. The standard InChI is InChI=1S/C8H6N2O2/c1-10-6-4-9-3-2-5(6)7(11)8(10)12/h2-4H,1H3. The molecule has 1 aliphatic rings. The van der Waals surface area contributed by atoms with Gasteiger partial charge in [0.05, 0.1) is 17.4 Å². The average molecular weight is 162 g/mol. The lowest BCUT2D eigenvalue weighted by Crippen LogP contribution is -2.24. The zero-order chi connectivity index (χ0) is 8.72. The molecule has 4 nitrogen and oxygen atoms in total. The lowest BCUT2D eigenvalue weighted by molar-refractivity contribution is -0.114. The van der Waals surface area contributed by atoms with Gasteiger partial charge < -0.3 is 4.90 Å². The summed E-state index contributed by atoms with van der Waals surface area (Å²) in [5.74, 6) is -0.937. The molecule has 1 aromatic heterocycles. The van der Waals surface area contributed by atoms with Crippen molar-refractivity contribution in [3.8, 4) is 0 Å². The van der Waals surface area contributed by atoms with Gasteiger partial charge in [-0.05, 0) is 6.07 Å². The number of likely N-dealkylation sites (N-methyl/N-ethyl adjacent to an activating group) is 1. The van der Waals surface area contributed by atoms with Crippen LogP contribution in [-0.2, 0) is 4.79 Å². The van der Waals surface area contributed by atoms with E-state index >= 15 is 0 Å². The number of hydrogen-bond acceptors (Lipinski definition) is 3. The number of Topliss-reactive ketones (excluding diaryl/α,β-unsaturated/α-hetero) is 1. The molecular weight excluding hydrogens is 156 g/mol. The number of amides is 1. The molecule has 12 heavy (non-hydrogen) atoms. The Morgan fingerprint density at radius 1 is 1.42 bits per heavy atom. The predicted octanol–water partition coefficient (Wildman–Crippen LogP) is 0.241. The number of carbonyl (C=O) groups is 2. The van der Waals surface area contributed by atoms with Crippen LogP contribution in [0.1, 0.15) is 10.4 Å².